The van der Waals surface area contributed by atoms with Crippen molar-refractivity contribution < 1.29 is 22.3 Å². The molecule has 5 rings (SSSR count). The fraction of sp³-hybridized carbons (Fsp3) is 0.586. The van der Waals surface area contributed by atoms with Crippen molar-refractivity contribution in [3.63, 3.8) is 0 Å². The number of aromatic nitrogens is 1. The molecule has 218 valence electrons. The van der Waals surface area contributed by atoms with Crippen LogP contribution in [-0.2, 0) is 10.2 Å². The summed E-state index contributed by atoms with van der Waals surface area (Å²) in [6.07, 6.45) is 2.73. The lowest BCUT2D eigenvalue weighted by molar-refractivity contribution is 0.0978. The van der Waals surface area contributed by atoms with E-state index in [-0.39, 0.29) is 29.1 Å². The Hall–Kier alpha value is -2.76. The molecule has 1 amide bonds. The fourth-order valence-corrected chi connectivity index (χ4v) is 7.42. The molecule has 3 fully saturated rings. The Bertz CT molecular complexity index is 1370. The number of piperazine rings is 1. The van der Waals surface area contributed by atoms with E-state index in [1.807, 2.05) is 13.8 Å². The first-order chi connectivity index (χ1) is 18.8. The van der Waals surface area contributed by atoms with Gasteiger partial charge in [-0.1, -0.05) is 20.8 Å². The normalized spacial score (nSPS) is 24.5. The summed E-state index contributed by atoms with van der Waals surface area (Å²) >= 11 is 0. The molecule has 2 aromatic rings. The second kappa shape index (κ2) is 10.9. The third kappa shape index (κ3) is 6.11. The third-order valence-electron chi connectivity index (χ3n) is 7.94. The Kier molecular flexibility index (Phi) is 7.84. The van der Waals surface area contributed by atoms with Crippen LogP contribution in [0.4, 0.5) is 10.2 Å². The molecule has 2 unspecified atom stereocenters. The van der Waals surface area contributed by atoms with Gasteiger partial charge in [-0.25, -0.2) is 14.1 Å². The highest BCUT2D eigenvalue weighted by Gasteiger charge is 2.41. The molecule has 0 radical (unpaired) electrons. The number of amides is 1. The standard InChI is InChI=1S/C29H40FN5O4S/c1-18(2)17-39-24-11-20(10-21(30)12-24)26-9-8-25(27(32-26)35-14-19(3)13-29(35,4)5)28(36)33-40(37,38)34-15-22-6-7-23(16-34)31-22/h8-12,18-19,22-23,31H,6-7,13-17H2,1-5H3,(H,33,36)/t19-,22?,23?/m0/s1. The van der Waals surface area contributed by atoms with E-state index in [0.717, 1.165) is 19.3 Å². The predicted molar refractivity (Wildman–Crippen MR) is 153 cm³/mol. The van der Waals surface area contributed by atoms with Crippen LogP contribution in [0.25, 0.3) is 11.3 Å². The zero-order valence-corrected chi connectivity index (χ0v) is 24.7. The molecule has 0 saturated carbocycles. The minimum absolute atomic E-state index is 0.106. The number of halogens is 1. The average Bonchev–Trinajstić information content (AvgIpc) is 3.36. The first-order valence-electron chi connectivity index (χ1n) is 14.1. The molecule has 3 atom stereocenters. The van der Waals surface area contributed by atoms with E-state index in [1.54, 1.807) is 18.2 Å². The van der Waals surface area contributed by atoms with Crippen molar-refractivity contribution in [2.24, 2.45) is 11.8 Å². The number of nitrogens with one attached hydrogen (secondary N) is 2. The van der Waals surface area contributed by atoms with Crippen LogP contribution in [0.5, 0.6) is 5.75 Å². The predicted octanol–water partition coefficient (Wildman–Crippen LogP) is 3.96. The monoisotopic (exact) mass is 573 g/mol. The van der Waals surface area contributed by atoms with E-state index in [4.69, 9.17) is 9.72 Å². The Labute approximate surface area is 236 Å². The molecule has 3 aliphatic heterocycles. The smallest absolute Gasteiger partial charge is 0.304 e. The van der Waals surface area contributed by atoms with E-state index in [2.05, 4.69) is 35.7 Å². The quantitative estimate of drug-likeness (QED) is 0.493. The average molecular weight is 574 g/mol. The number of benzene rings is 1. The lowest BCUT2D eigenvalue weighted by Gasteiger charge is -2.34. The Morgan fingerprint density at radius 1 is 1.18 bits per heavy atom. The van der Waals surface area contributed by atoms with Crippen LogP contribution in [0, 0.1) is 17.7 Å². The summed E-state index contributed by atoms with van der Waals surface area (Å²) in [6.45, 7) is 12.1. The second-order valence-electron chi connectivity index (χ2n) is 12.6. The highest BCUT2D eigenvalue weighted by molar-refractivity contribution is 7.87. The van der Waals surface area contributed by atoms with Crippen molar-refractivity contribution in [3.05, 3.63) is 41.7 Å². The van der Waals surface area contributed by atoms with Crippen LogP contribution in [0.2, 0.25) is 0 Å². The van der Waals surface area contributed by atoms with Crippen LogP contribution in [0.3, 0.4) is 0 Å². The van der Waals surface area contributed by atoms with Gasteiger partial charge in [-0.2, -0.15) is 12.7 Å². The summed E-state index contributed by atoms with van der Waals surface area (Å²) in [5.74, 6) is 0.236. The van der Waals surface area contributed by atoms with Gasteiger partial charge in [-0.3, -0.25) is 4.79 Å². The van der Waals surface area contributed by atoms with Crippen molar-refractivity contribution >= 4 is 21.9 Å². The van der Waals surface area contributed by atoms with Crippen LogP contribution >= 0.6 is 0 Å². The van der Waals surface area contributed by atoms with Crippen molar-refractivity contribution in [3.8, 4) is 17.0 Å². The van der Waals surface area contributed by atoms with Crippen LogP contribution in [0.1, 0.15) is 64.2 Å². The number of anilines is 1. The van der Waals surface area contributed by atoms with Gasteiger partial charge in [0, 0.05) is 48.9 Å². The third-order valence-corrected chi connectivity index (χ3v) is 9.36. The van der Waals surface area contributed by atoms with E-state index in [0.29, 0.717) is 55.0 Å². The minimum Gasteiger partial charge on any atom is -0.493 e. The number of nitrogens with zero attached hydrogens (tertiary/aromatic N) is 3. The molecule has 11 heteroatoms. The summed E-state index contributed by atoms with van der Waals surface area (Å²) in [4.78, 5) is 20.5. The molecule has 0 aliphatic carbocycles. The van der Waals surface area contributed by atoms with Gasteiger partial charge < -0.3 is 15.0 Å². The van der Waals surface area contributed by atoms with Gasteiger partial charge in [0.15, 0.2) is 0 Å². The topological polar surface area (TPSA) is 104 Å². The molecular weight excluding hydrogens is 533 g/mol. The van der Waals surface area contributed by atoms with Gasteiger partial charge in [-0.05, 0) is 69.2 Å². The second-order valence-corrected chi connectivity index (χ2v) is 14.2. The van der Waals surface area contributed by atoms with Crippen LogP contribution < -0.4 is 19.7 Å². The van der Waals surface area contributed by atoms with Gasteiger partial charge >= 0.3 is 10.2 Å². The molecule has 4 heterocycles. The lowest BCUT2D eigenvalue weighted by atomic mass is 9.97. The van der Waals surface area contributed by atoms with E-state index >= 15 is 0 Å². The summed E-state index contributed by atoms with van der Waals surface area (Å²) in [5, 5.41) is 3.41. The van der Waals surface area contributed by atoms with Crippen molar-refractivity contribution in [1.82, 2.24) is 19.3 Å². The number of hydrogen-bond donors (Lipinski definition) is 2. The fourth-order valence-electron chi connectivity index (χ4n) is 6.20. The highest BCUT2D eigenvalue weighted by Crippen LogP contribution is 2.38. The maximum Gasteiger partial charge on any atom is 0.304 e. The van der Waals surface area contributed by atoms with Gasteiger partial charge in [0.25, 0.3) is 5.91 Å². The highest BCUT2D eigenvalue weighted by atomic mass is 32.2. The largest absolute Gasteiger partial charge is 0.493 e. The summed E-state index contributed by atoms with van der Waals surface area (Å²) < 4.78 is 50.5. The van der Waals surface area contributed by atoms with E-state index < -0.39 is 21.9 Å². The number of rotatable bonds is 8. The number of ether oxygens (including phenoxy) is 1. The minimum atomic E-state index is -4.04. The summed E-state index contributed by atoms with van der Waals surface area (Å²) in [7, 11) is -4.04. The molecule has 3 aliphatic rings. The van der Waals surface area contributed by atoms with E-state index in [9.17, 15) is 17.6 Å². The Morgan fingerprint density at radius 2 is 1.88 bits per heavy atom. The van der Waals surface area contributed by atoms with Crippen LogP contribution in [-0.4, -0.2) is 67.5 Å². The molecule has 0 spiro atoms. The molecule has 2 bridgehead atoms. The summed E-state index contributed by atoms with van der Waals surface area (Å²) in [6, 6.07) is 7.89. The molecule has 1 aromatic heterocycles. The first kappa shape index (κ1) is 28.8. The molecule has 40 heavy (non-hydrogen) atoms. The van der Waals surface area contributed by atoms with Gasteiger partial charge in [0.1, 0.15) is 17.4 Å². The number of pyridine rings is 1. The number of carbonyl (C=O) groups excluding carboxylic acids is 1. The Balaban J connectivity index is 1.49. The summed E-state index contributed by atoms with van der Waals surface area (Å²) in [5.41, 5.74) is 0.836. The zero-order chi connectivity index (χ0) is 28.8. The maximum atomic E-state index is 14.6. The number of fused-ring (bicyclic) bond motifs is 2. The van der Waals surface area contributed by atoms with Gasteiger partial charge in [0.2, 0.25) is 0 Å². The number of hydrogen-bond acceptors (Lipinski definition) is 7. The lowest BCUT2D eigenvalue weighted by Crippen LogP contribution is -2.56. The Morgan fingerprint density at radius 3 is 2.50 bits per heavy atom. The molecule has 2 N–H and O–H groups in total. The molecule has 9 nitrogen and oxygen atoms in total. The molecule has 3 saturated heterocycles. The SMILES string of the molecule is CC(C)COc1cc(F)cc(-c2ccc(C(=O)NS(=O)(=O)N3CC4CCC(C3)N4)c(N3C[C@@H](C)CC3(C)C)n2)c1. The van der Waals surface area contributed by atoms with Gasteiger partial charge in [0.05, 0.1) is 17.9 Å². The number of carbonyl (C=O) groups is 1. The maximum absolute atomic E-state index is 14.6. The zero-order valence-electron chi connectivity index (χ0n) is 23.9. The molecular formula is C29H40FN5O4S. The van der Waals surface area contributed by atoms with Crippen molar-refractivity contribution in [2.45, 2.75) is 71.5 Å². The van der Waals surface area contributed by atoms with Gasteiger partial charge in [-0.15, -0.1) is 0 Å². The van der Waals surface area contributed by atoms with Crippen LogP contribution in [0.15, 0.2) is 30.3 Å². The first-order valence-corrected chi connectivity index (χ1v) is 15.6. The van der Waals surface area contributed by atoms with Crippen molar-refractivity contribution in [1.29, 1.82) is 0 Å². The van der Waals surface area contributed by atoms with Crippen molar-refractivity contribution in [2.75, 3.05) is 31.1 Å². The molecule has 1 aromatic carbocycles. The van der Waals surface area contributed by atoms with E-state index in [1.165, 1.54) is 16.4 Å².